The number of allylic oxidation sites excluding steroid dienone is 2. The van der Waals surface area contributed by atoms with Crippen LogP contribution >= 0.6 is 0 Å². The van der Waals surface area contributed by atoms with E-state index in [1.165, 1.54) is 64.7 Å². The zero-order valence-electron chi connectivity index (χ0n) is 19.5. The summed E-state index contributed by atoms with van der Waals surface area (Å²) in [6.45, 7) is 13.9. The van der Waals surface area contributed by atoms with E-state index in [9.17, 15) is 0 Å². The van der Waals surface area contributed by atoms with Crippen LogP contribution in [-0.2, 0) is 9.59 Å². The summed E-state index contributed by atoms with van der Waals surface area (Å²) in [6.07, 6.45) is 16.0. The molecule has 1 aliphatic rings. The summed E-state index contributed by atoms with van der Waals surface area (Å²) >= 11 is 0. The van der Waals surface area contributed by atoms with Crippen molar-refractivity contribution < 1.29 is 14.7 Å². The fraction of sp³-hybridized carbons (Fsp3) is 0.792. The van der Waals surface area contributed by atoms with Crippen LogP contribution < -0.4 is 0 Å². The van der Waals surface area contributed by atoms with Crippen LogP contribution in [0.5, 0.6) is 0 Å². The summed E-state index contributed by atoms with van der Waals surface area (Å²) in [7, 11) is 0. The summed E-state index contributed by atoms with van der Waals surface area (Å²) in [5, 5.41) is 15.3. The van der Waals surface area contributed by atoms with Crippen molar-refractivity contribution in [2.45, 2.75) is 106 Å². The Morgan fingerprint density at radius 2 is 1.50 bits per heavy atom. The summed E-state index contributed by atoms with van der Waals surface area (Å²) in [4.78, 5) is 17.2. The Balaban J connectivity index is -0.000000362. The van der Waals surface area contributed by atoms with Crippen LogP contribution in [0.3, 0.4) is 0 Å². The van der Waals surface area contributed by atoms with Gasteiger partial charge < -0.3 is 9.90 Å². The average Bonchev–Trinajstić information content (AvgIpc) is 2.63. The van der Waals surface area contributed by atoms with Gasteiger partial charge in [-0.3, -0.25) is 4.79 Å². The third-order valence-electron chi connectivity index (χ3n) is 4.46. The Morgan fingerprint density at radius 3 is 1.75 bits per heavy atom. The fourth-order valence-electron chi connectivity index (χ4n) is 3.64. The Labute approximate surface area is 174 Å². The van der Waals surface area contributed by atoms with Crippen LogP contribution in [0.25, 0.3) is 0 Å². The second kappa shape index (κ2) is 21.7. The summed E-state index contributed by atoms with van der Waals surface area (Å²) < 4.78 is 0. The van der Waals surface area contributed by atoms with Crippen molar-refractivity contribution in [2.75, 3.05) is 0 Å². The lowest BCUT2D eigenvalue weighted by Crippen LogP contribution is -2.17. The van der Waals surface area contributed by atoms with Gasteiger partial charge in [-0.2, -0.15) is 5.26 Å². The predicted molar refractivity (Wildman–Crippen MR) is 119 cm³/mol. The van der Waals surface area contributed by atoms with Gasteiger partial charge in [0.15, 0.2) is 0 Å². The maximum absolute atomic E-state index is 8.81. The zero-order chi connectivity index (χ0) is 22.4. The van der Waals surface area contributed by atoms with Crippen molar-refractivity contribution in [3.05, 3.63) is 11.6 Å². The van der Waals surface area contributed by atoms with Crippen molar-refractivity contribution in [2.24, 2.45) is 17.3 Å². The number of carbonyl (C=O) groups is 2. The highest BCUT2D eigenvalue weighted by molar-refractivity contribution is 5.44. The number of carbonyl (C=O) groups excluding carboxylic acids is 1. The van der Waals surface area contributed by atoms with E-state index in [1.807, 2.05) is 13.0 Å². The largest absolute Gasteiger partial charge is 0.483 e. The third-order valence-corrected chi connectivity index (χ3v) is 4.46. The standard InChI is InChI=1S/C13H26.C8H13N.C2H4O.CH2O2/c1-3-8-12(9-4-2)13-10-6-5-7-11-13;1-7(6-9)5-8(2,3)4;1-2-3;2-1-3/h12-13H,3-11H2,1-2H3;5H,1-4H3;2H,1H3;1H,(H,2,3)/b;7-5-;;. The van der Waals surface area contributed by atoms with Crippen LogP contribution in [0.4, 0.5) is 0 Å². The lowest BCUT2D eigenvalue weighted by molar-refractivity contribution is -0.122. The van der Waals surface area contributed by atoms with Gasteiger partial charge in [0, 0.05) is 5.57 Å². The molecule has 1 N–H and O–H groups in total. The topological polar surface area (TPSA) is 78.2 Å². The van der Waals surface area contributed by atoms with Crippen LogP contribution in [0.2, 0.25) is 0 Å². The van der Waals surface area contributed by atoms with Crippen LogP contribution in [-0.4, -0.2) is 17.9 Å². The van der Waals surface area contributed by atoms with Crippen molar-refractivity contribution in [3.63, 3.8) is 0 Å². The second-order valence-electron chi connectivity index (χ2n) is 8.38. The summed E-state index contributed by atoms with van der Waals surface area (Å²) in [6, 6.07) is 2.08. The highest BCUT2D eigenvalue weighted by atomic mass is 16.3. The lowest BCUT2D eigenvalue weighted by atomic mass is 9.76. The molecule has 0 amide bonds. The van der Waals surface area contributed by atoms with E-state index < -0.39 is 0 Å². The number of nitrogens with zero attached hydrogens (tertiary/aromatic N) is 1. The number of aldehydes is 1. The Hall–Kier alpha value is -1.63. The Kier molecular flexibility index (Phi) is 24.0. The molecule has 164 valence electrons. The molecule has 0 saturated heterocycles. The highest BCUT2D eigenvalue weighted by Gasteiger charge is 2.21. The molecule has 0 heterocycles. The minimum absolute atomic E-state index is 0.139. The van der Waals surface area contributed by atoms with Crippen molar-refractivity contribution in [1.82, 2.24) is 0 Å². The van der Waals surface area contributed by atoms with Crippen molar-refractivity contribution >= 4 is 12.8 Å². The molecular formula is C24H45NO3. The summed E-state index contributed by atoms with van der Waals surface area (Å²) in [5.74, 6) is 2.16. The van der Waals surface area contributed by atoms with Gasteiger partial charge >= 0.3 is 0 Å². The van der Waals surface area contributed by atoms with Crippen LogP contribution in [0.1, 0.15) is 106 Å². The van der Waals surface area contributed by atoms with E-state index in [1.54, 1.807) is 0 Å². The van der Waals surface area contributed by atoms with Gasteiger partial charge in [-0.1, -0.05) is 98.5 Å². The number of rotatable bonds is 5. The molecule has 0 aliphatic heterocycles. The maximum Gasteiger partial charge on any atom is 0.290 e. The molecule has 1 fully saturated rings. The Bertz CT molecular complexity index is 412. The van der Waals surface area contributed by atoms with E-state index >= 15 is 0 Å². The Morgan fingerprint density at radius 1 is 1.11 bits per heavy atom. The molecule has 4 heteroatoms. The van der Waals surface area contributed by atoms with E-state index in [-0.39, 0.29) is 11.9 Å². The van der Waals surface area contributed by atoms with E-state index in [0.717, 1.165) is 23.7 Å². The maximum atomic E-state index is 8.81. The van der Waals surface area contributed by atoms with Gasteiger partial charge in [-0.15, -0.1) is 0 Å². The van der Waals surface area contributed by atoms with Crippen LogP contribution in [0, 0.1) is 28.6 Å². The molecule has 28 heavy (non-hydrogen) atoms. The second-order valence-corrected chi connectivity index (χ2v) is 8.38. The van der Waals surface area contributed by atoms with Gasteiger partial charge in [-0.05, 0) is 31.1 Å². The smallest absolute Gasteiger partial charge is 0.290 e. The van der Waals surface area contributed by atoms with E-state index in [4.69, 9.17) is 20.0 Å². The molecule has 1 rings (SSSR count). The highest BCUT2D eigenvalue weighted by Crippen LogP contribution is 2.34. The van der Waals surface area contributed by atoms with Crippen molar-refractivity contribution in [3.8, 4) is 6.07 Å². The first-order chi connectivity index (χ1) is 13.2. The number of carboxylic acid groups (broad SMARTS) is 1. The third kappa shape index (κ3) is 24.4. The molecule has 1 saturated carbocycles. The lowest BCUT2D eigenvalue weighted by Gasteiger charge is -2.30. The van der Waals surface area contributed by atoms with Gasteiger partial charge in [-0.25, -0.2) is 0 Å². The number of hydrogen-bond donors (Lipinski definition) is 1. The number of hydrogen-bond acceptors (Lipinski definition) is 3. The molecule has 0 atom stereocenters. The van der Waals surface area contributed by atoms with Gasteiger partial charge in [0.05, 0.1) is 6.07 Å². The van der Waals surface area contributed by atoms with Gasteiger partial charge in [0.25, 0.3) is 6.47 Å². The zero-order valence-corrected chi connectivity index (χ0v) is 19.5. The van der Waals surface area contributed by atoms with Gasteiger partial charge in [0.2, 0.25) is 0 Å². The first-order valence-electron chi connectivity index (χ1n) is 10.7. The first-order valence-corrected chi connectivity index (χ1v) is 10.7. The first kappa shape index (κ1) is 31.1. The predicted octanol–water partition coefficient (Wildman–Crippen LogP) is 7.19. The molecule has 0 unspecified atom stereocenters. The molecule has 0 aromatic heterocycles. The van der Waals surface area contributed by atoms with E-state index in [0.29, 0.717) is 0 Å². The average molecular weight is 396 g/mol. The summed E-state index contributed by atoms with van der Waals surface area (Å²) in [5.41, 5.74) is 0.933. The SMILES string of the molecule is C/C(C#N)=C/C(C)(C)C.CC=O.CCCC(CCC)C1CCCCC1.O=CO. The molecular weight excluding hydrogens is 350 g/mol. The van der Waals surface area contributed by atoms with Gasteiger partial charge in [0.1, 0.15) is 6.29 Å². The minimum Gasteiger partial charge on any atom is -0.483 e. The normalized spacial score (nSPS) is 14.2. The molecule has 0 aromatic rings. The minimum atomic E-state index is -0.250. The van der Waals surface area contributed by atoms with E-state index in [2.05, 4.69) is 40.7 Å². The molecule has 0 bridgehead atoms. The number of nitriles is 1. The quantitative estimate of drug-likeness (QED) is 0.394. The van der Waals surface area contributed by atoms with Crippen molar-refractivity contribution in [1.29, 1.82) is 5.26 Å². The molecule has 0 spiro atoms. The molecule has 1 aliphatic carbocycles. The van der Waals surface area contributed by atoms with Crippen LogP contribution in [0.15, 0.2) is 11.6 Å². The molecule has 0 radical (unpaired) electrons. The molecule has 4 nitrogen and oxygen atoms in total. The monoisotopic (exact) mass is 395 g/mol. The fourth-order valence-corrected chi connectivity index (χ4v) is 3.64. The molecule has 0 aromatic carbocycles.